The van der Waals surface area contributed by atoms with Crippen LogP contribution in [0.2, 0.25) is 0 Å². The van der Waals surface area contributed by atoms with Crippen LogP contribution in [0, 0.1) is 6.92 Å². The molecule has 0 unspecified atom stereocenters. The molecular formula is C12H11NO4. The number of carbonyl (C=O) groups is 1. The Labute approximate surface area is 97.7 Å². The van der Waals surface area contributed by atoms with Crippen molar-refractivity contribution >= 4 is 5.97 Å². The number of hydrogen-bond donors (Lipinski definition) is 1. The number of aromatic carboxylic acids is 1. The van der Waals surface area contributed by atoms with Gasteiger partial charge in [-0.25, -0.2) is 9.78 Å². The summed E-state index contributed by atoms with van der Waals surface area (Å²) in [6.07, 6.45) is 1.38. The van der Waals surface area contributed by atoms with Crippen molar-refractivity contribution in [2.24, 2.45) is 0 Å². The fourth-order valence-corrected chi connectivity index (χ4v) is 1.51. The monoisotopic (exact) mass is 233 g/mol. The van der Waals surface area contributed by atoms with Crippen LogP contribution in [0.4, 0.5) is 0 Å². The Morgan fingerprint density at radius 1 is 1.47 bits per heavy atom. The molecule has 0 radical (unpaired) electrons. The number of carboxylic acids is 1. The summed E-state index contributed by atoms with van der Waals surface area (Å²) in [6.45, 7) is 1.93. The van der Waals surface area contributed by atoms with Gasteiger partial charge in [0.2, 0.25) is 0 Å². The minimum atomic E-state index is -1.19. The molecule has 1 aromatic carbocycles. The quantitative estimate of drug-likeness (QED) is 0.880. The summed E-state index contributed by atoms with van der Waals surface area (Å²) < 4.78 is 10.3. The molecular weight excluding hydrogens is 222 g/mol. The second kappa shape index (κ2) is 4.29. The second-order valence-corrected chi connectivity index (χ2v) is 3.54. The summed E-state index contributed by atoms with van der Waals surface area (Å²) in [7, 11) is 1.54. The summed E-state index contributed by atoms with van der Waals surface area (Å²) in [6, 6.07) is 5.55. The molecule has 17 heavy (non-hydrogen) atoms. The van der Waals surface area contributed by atoms with Gasteiger partial charge in [0.15, 0.2) is 5.76 Å². The number of oxazole rings is 1. The second-order valence-electron chi connectivity index (χ2n) is 3.54. The van der Waals surface area contributed by atoms with Crippen LogP contribution in [0.5, 0.6) is 5.75 Å². The Bertz CT molecular complexity index is 559. The van der Waals surface area contributed by atoms with Gasteiger partial charge in [-0.3, -0.25) is 0 Å². The van der Waals surface area contributed by atoms with E-state index in [-0.39, 0.29) is 5.89 Å². The fourth-order valence-electron chi connectivity index (χ4n) is 1.51. The third-order valence-electron chi connectivity index (χ3n) is 2.31. The van der Waals surface area contributed by atoms with Crippen LogP contribution in [-0.2, 0) is 0 Å². The number of rotatable bonds is 3. The Morgan fingerprint density at radius 3 is 2.82 bits per heavy atom. The molecule has 5 nitrogen and oxygen atoms in total. The lowest BCUT2D eigenvalue weighted by Crippen LogP contribution is -1.94. The highest BCUT2D eigenvalue weighted by Gasteiger charge is 2.15. The lowest BCUT2D eigenvalue weighted by atomic mass is 10.1. The zero-order valence-corrected chi connectivity index (χ0v) is 9.43. The molecule has 0 aliphatic rings. The molecule has 0 amide bonds. The Balaban J connectivity index is 2.51. The Hall–Kier alpha value is -2.30. The number of ether oxygens (including phenoxy) is 1. The van der Waals surface area contributed by atoms with E-state index in [1.165, 1.54) is 6.20 Å². The molecule has 88 valence electrons. The highest BCUT2D eigenvalue weighted by atomic mass is 16.5. The number of nitrogens with zero attached hydrogens (tertiary/aromatic N) is 1. The number of benzene rings is 1. The van der Waals surface area contributed by atoms with Gasteiger partial charge in [-0.1, -0.05) is 11.6 Å². The summed E-state index contributed by atoms with van der Waals surface area (Å²) in [5.74, 6) is -0.530. The van der Waals surface area contributed by atoms with Gasteiger partial charge in [-0.2, -0.15) is 0 Å². The number of aryl methyl sites for hydroxylation is 1. The fraction of sp³-hybridized carbons (Fsp3) is 0.167. The average molecular weight is 233 g/mol. The van der Waals surface area contributed by atoms with Crippen LogP contribution in [0.15, 0.2) is 28.8 Å². The molecule has 0 fully saturated rings. The van der Waals surface area contributed by atoms with Crippen LogP contribution < -0.4 is 4.74 Å². The van der Waals surface area contributed by atoms with Gasteiger partial charge in [0.25, 0.3) is 0 Å². The van der Waals surface area contributed by atoms with Crippen molar-refractivity contribution in [3.8, 4) is 17.1 Å². The van der Waals surface area contributed by atoms with Crippen LogP contribution in [0.25, 0.3) is 11.3 Å². The molecule has 0 atom stereocenters. The first-order valence-electron chi connectivity index (χ1n) is 4.96. The Morgan fingerprint density at radius 2 is 2.24 bits per heavy atom. The third kappa shape index (κ3) is 2.13. The highest BCUT2D eigenvalue weighted by Crippen LogP contribution is 2.31. The smallest absolute Gasteiger partial charge is 0.392 e. The Kier molecular flexibility index (Phi) is 2.82. The zero-order chi connectivity index (χ0) is 12.4. The van der Waals surface area contributed by atoms with Crippen LogP contribution in [0.1, 0.15) is 16.2 Å². The highest BCUT2D eigenvalue weighted by molar-refractivity contribution is 5.83. The van der Waals surface area contributed by atoms with Crippen LogP contribution in [0.3, 0.4) is 0 Å². The largest absolute Gasteiger partial charge is 0.496 e. The van der Waals surface area contributed by atoms with E-state index in [9.17, 15) is 4.79 Å². The number of hydrogen-bond acceptors (Lipinski definition) is 4. The maximum atomic E-state index is 10.7. The summed E-state index contributed by atoms with van der Waals surface area (Å²) in [5.41, 5.74) is 1.71. The van der Waals surface area contributed by atoms with Gasteiger partial charge in [0.1, 0.15) is 5.75 Å². The van der Waals surface area contributed by atoms with Crippen molar-refractivity contribution in [3.05, 3.63) is 35.9 Å². The zero-order valence-electron chi connectivity index (χ0n) is 9.43. The molecule has 0 aliphatic carbocycles. The van der Waals surface area contributed by atoms with Crippen molar-refractivity contribution in [3.63, 3.8) is 0 Å². The molecule has 1 N–H and O–H groups in total. The van der Waals surface area contributed by atoms with E-state index in [2.05, 4.69) is 4.98 Å². The van der Waals surface area contributed by atoms with Gasteiger partial charge >= 0.3 is 11.9 Å². The van der Waals surface area contributed by atoms with Gasteiger partial charge in [0, 0.05) is 0 Å². The third-order valence-corrected chi connectivity index (χ3v) is 2.31. The van der Waals surface area contributed by atoms with Gasteiger partial charge in [-0.05, 0) is 19.1 Å². The molecule has 0 spiro atoms. The maximum Gasteiger partial charge on any atom is 0.392 e. The van der Waals surface area contributed by atoms with E-state index in [4.69, 9.17) is 14.3 Å². The van der Waals surface area contributed by atoms with E-state index in [1.54, 1.807) is 13.2 Å². The maximum absolute atomic E-state index is 10.7. The summed E-state index contributed by atoms with van der Waals surface area (Å²) in [4.78, 5) is 14.4. The van der Waals surface area contributed by atoms with E-state index in [0.717, 1.165) is 5.56 Å². The lowest BCUT2D eigenvalue weighted by molar-refractivity contribution is 0.0654. The van der Waals surface area contributed by atoms with E-state index >= 15 is 0 Å². The molecule has 0 bridgehead atoms. The van der Waals surface area contributed by atoms with Crippen molar-refractivity contribution in [2.45, 2.75) is 6.92 Å². The van der Waals surface area contributed by atoms with Gasteiger partial charge in [0.05, 0.1) is 18.9 Å². The average Bonchev–Trinajstić information content (AvgIpc) is 2.78. The molecule has 0 saturated carbocycles. The normalized spacial score (nSPS) is 10.2. The van der Waals surface area contributed by atoms with Crippen molar-refractivity contribution < 1.29 is 19.1 Å². The van der Waals surface area contributed by atoms with Crippen molar-refractivity contribution in [1.29, 1.82) is 0 Å². The molecule has 5 heteroatoms. The predicted octanol–water partition coefficient (Wildman–Crippen LogP) is 2.36. The van der Waals surface area contributed by atoms with Crippen molar-refractivity contribution in [2.75, 3.05) is 7.11 Å². The standard InChI is InChI=1S/C12H11NO4/c1-7-3-4-9(16-2)8(5-7)10-6-13-11(17-10)12(14)15/h3-6H,1-2H3,(H,14,15). The number of aromatic nitrogens is 1. The predicted molar refractivity (Wildman–Crippen MR) is 60.2 cm³/mol. The topological polar surface area (TPSA) is 72.6 Å². The lowest BCUT2D eigenvalue weighted by Gasteiger charge is -2.06. The molecule has 2 aromatic rings. The van der Waals surface area contributed by atoms with Crippen LogP contribution >= 0.6 is 0 Å². The number of carboxylic acid groups (broad SMARTS) is 1. The minimum absolute atomic E-state index is 0.330. The van der Waals surface area contributed by atoms with E-state index < -0.39 is 5.97 Å². The first-order valence-corrected chi connectivity index (χ1v) is 4.96. The molecule has 1 aromatic heterocycles. The molecule has 1 heterocycles. The number of methoxy groups -OCH3 is 1. The first-order chi connectivity index (χ1) is 8.11. The SMILES string of the molecule is COc1ccc(C)cc1-c1cnc(C(=O)O)o1. The van der Waals surface area contributed by atoms with Crippen molar-refractivity contribution in [1.82, 2.24) is 4.98 Å². The minimum Gasteiger partial charge on any atom is -0.496 e. The molecule has 0 saturated heterocycles. The van der Waals surface area contributed by atoms with E-state index in [1.807, 2.05) is 19.1 Å². The summed E-state index contributed by atoms with van der Waals surface area (Å²) in [5, 5.41) is 8.74. The summed E-state index contributed by atoms with van der Waals surface area (Å²) >= 11 is 0. The molecule has 0 aliphatic heterocycles. The van der Waals surface area contributed by atoms with E-state index in [0.29, 0.717) is 17.1 Å². The first kappa shape index (κ1) is 11.2. The van der Waals surface area contributed by atoms with Crippen LogP contribution in [-0.4, -0.2) is 23.2 Å². The van der Waals surface area contributed by atoms with Gasteiger partial charge in [-0.15, -0.1) is 0 Å². The van der Waals surface area contributed by atoms with Gasteiger partial charge < -0.3 is 14.3 Å². The molecule has 2 rings (SSSR count).